The molecule has 0 radical (unpaired) electrons. The van der Waals surface area contributed by atoms with Crippen molar-refractivity contribution in [3.8, 4) is 28.4 Å². The summed E-state index contributed by atoms with van der Waals surface area (Å²) in [4.78, 5) is 13.3. The fraction of sp³-hybridized carbons (Fsp3) is 0.273. The van der Waals surface area contributed by atoms with Crippen LogP contribution in [0.4, 0.5) is 0 Å². The monoisotopic (exact) mass is 387 g/mol. The Morgan fingerprint density at radius 2 is 2.10 bits per heavy atom. The normalized spacial score (nSPS) is 13.0. The number of aliphatic hydroxyl groups is 1. The van der Waals surface area contributed by atoms with E-state index in [9.17, 15) is 0 Å². The molecule has 7 heteroatoms. The molecule has 4 heterocycles. The lowest BCUT2D eigenvalue weighted by molar-refractivity contribution is 0.198. The molecule has 29 heavy (non-hydrogen) atoms. The molecular formula is C22H21N5O2. The van der Waals surface area contributed by atoms with Crippen LogP contribution in [0.5, 0.6) is 5.88 Å². The van der Waals surface area contributed by atoms with Crippen molar-refractivity contribution in [2.45, 2.75) is 26.3 Å². The number of nitrogens with zero attached hydrogens (tertiary/aromatic N) is 5. The van der Waals surface area contributed by atoms with Crippen molar-refractivity contribution in [3.63, 3.8) is 0 Å². The van der Waals surface area contributed by atoms with Gasteiger partial charge in [-0.3, -0.25) is 9.67 Å². The summed E-state index contributed by atoms with van der Waals surface area (Å²) >= 11 is 0. The third-order valence-electron chi connectivity index (χ3n) is 5.19. The van der Waals surface area contributed by atoms with Crippen LogP contribution in [0.15, 0.2) is 42.7 Å². The van der Waals surface area contributed by atoms with Crippen LogP contribution in [-0.4, -0.2) is 43.1 Å². The van der Waals surface area contributed by atoms with Crippen molar-refractivity contribution < 1.29 is 9.84 Å². The molecular weight excluding hydrogens is 366 g/mol. The molecule has 0 saturated carbocycles. The summed E-state index contributed by atoms with van der Waals surface area (Å²) < 4.78 is 7.73. The molecule has 3 aromatic heterocycles. The van der Waals surface area contributed by atoms with E-state index in [4.69, 9.17) is 19.9 Å². The number of aryl methyl sites for hydroxylation is 2. The molecule has 5 rings (SSSR count). The highest BCUT2D eigenvalue weighted by molar-refractivity contribution is 5.91. The molecule has 0 bridgehead atoms. The van der Waals surface area contributed by atoms with E-state index in [-0.39, 0.29) is 13.2 Å². The van der Waals surface area contributed by atoms with Crippen LogP contribution in [-0.2, 0) is 13.0 Å². The van der Waals surface area contributed by atoms with Gasteiger partial charge in [0.15, 0.2) is 0 Å². The smallest absolute Gasteiger partial charge is 0.224 e. The fourth-order valence-corrected chi connectivity index (χ4v) is 3.94. The van der Waals surface area contributed by atoms with Crippen LogP contribution >= 0.6 is 0 Å². The lowest BCUT2D eigenvalue weighted by Crippen LogP contribution is -2.04. The third kappa shape index (κ3) is 3.13. The maximum Gasteiger partial charge on any atom is 0.224 e. The van der Waals surface area contributed by atoms with Gasteiger partial charge in [-0.15, -0.1) is 0 Å². The van der Waals surface area contributed by atoms with Gasteiger partial charge in [-0.25, -0.2) is 9.97 Å². The van der Waals surface area contributed by atoms with Gasteiger partial charge in [-0.1, -0.05) is 12.1 Å². The van der Waals surface area contributed by atoms with Crippen LogP contribution in [0.3, 0.4) is 0 Å². The molecule has 0 spiro atoms. The van der Waals surface area contributed by atoms with Crippen molar-refractivity contribution in [2.24, 2.45) is 0 Å². The first-order valence-corrected chi connectivity index (χ1v) is 9.77. The van der Waals surface area contributed by atoms with Crippen LogP contribution < -0.4 is 4.74 Å². The number of hydrogen-bond donors (Lipinski definition) is 1. The molecule has 0 unspecified atom stereocenters. The van der Waals surface area contributed by atoms with Gasteiger partial charge < -0.3 is 9.84 Å². The fourth-order valence-electron chi connectivity index (χ4n) is 3.94. The first kappa shape index (κ1) is 17.8. The zero-order valence-electron chi connectivity index (χ0n) is 16.2. The van der Waals surface area contributed by atoms with E-state index < -0.39 is 0 Å². The average molecular weight is 387 g/mol. The minimum atomic E-state index is -0.0642. The summed E-state index contributed by atoms with van der Waals surface area (Å²) in [6.45, 7) is 3.05. The number of benzene rings is 1. The summed E-state index contributed by atoms with van der Waals surface area (Å²) in [5, 5.41) is 14.8. The Bertz CT molecular complexity index is 1200. The maximum absolute atomic E-state index is 9.11. The third-order valence-corrected chi connectivity index (χ3v) is 5.19. The summed E-state index contributed by atoms with van der Waals surface area (Å²) in [6, 6.07) is 12.1. The molecule has 1 aliphatic heterocycles. The van der Waals surface area contributed by atoms with Gasteiger partial charge in [-0.05, 0) is 49.6 Å². The van der Waals surface area contributed by atoms with Crippen molar-refractivity contribution >= 4 is 10.9 Å². The number of pyridine rings is 1. The highest BCUT2D eigenvalue weighted by Gasteiger charge is 2.25. The number of aromatic nitrogens is 5. The van der Waals surface area contributed by atoms with E-state index in [1.54, 1.807) is 0 Å². The minimum absolute atomic E-state index is 0.0642. The Labute approximate surface area is 168 Å². The molecule has 146 valence electrons. The van der Waals surface area contributed by atoms with E-state index in [1.807, 2.05) is 31.2 Å². The van der Waals surface area contributed by atoms with Gasteiger partial charge >= 0.3 is 0 Å². The highest BCUT2D eigenvalue weighted by atomic mass is 16.5. The Morgan fingerprint density at radius 1 is 1.17 bits per heavy atom. The van der Waals surface area contributed by atoms with E-state index in [1.165, 1.54) is 12.0 Å². The second kappa shape index (κ2) is 7.25. The summed E-state index contributed by atoms with van der Waals surface area (Å²) in [7, 11) is 0. The lowest BCUT2D eigenvalue weighted by Gasteiger charge is -2.10. The number of aliphatic hydroxyl groups excluding tert-OH is 1. The van der Waals surface area contributed by atoms with E-state index in [0.29, 0.717) is 5.88 Å². The average Bonchev–Trinajstić information content (AvgIpc) is 3.33. The van der Waals surface area contributed by atoms with Crippen molar-refractivity contribution in [1.29, 1.82) is 0 Å². The first-order valence-electron chi connectivity index (χ1n) is 9.77. The Morgan fingerprint density at radius 3 is 2.97 bits per heavy atom. The summed E-state index contributed by atoms with van der Waals surface area (Å²) in [5.41, 5.74) is 6.93. The largest absolute Gasteiger partial charge is 0.475 e. The van der Waals surface area contributed by atoms with Gasteiger partial charge in [0.1, 0.15) is 18.6 Å². The summed E-state index contributed by atoms with van der Waals surface area (Å²) in [5.74, 6) is 0.477. The first-order chi connectivity index (χ1) is 14.2. The molecule has 0 atom stereocenters. The molecule has 0 fully saturated rings. The second-order valence-electron chi connectivity index (χ2n) is 7.14. The Kier molecular flexibility index (Phi) is 4.44. The molecule has 0 aliphatic carbocycles. The van der Waals surface area contributed by atoms with E-state index in [0.717, 1.165) is 58.5 Å². The quantitative estimate of drug-likeness (QED) is 0.566. The van der Waals surface area contributed by atoms with Gasteiger partial charge in [-0.2, -0.15) is 5.10 Å². The number of hydrogen-bond acceptors (Lipinski definition) is 6. The maximum atomic E-state index is 9.11. The standard InChI is InChI=1S/C22H21N5O2/c1-14-4-2-5-18(25-14)21-20(19-6-3-9-27(19)26-21)15-7-8-17-16(12-15)22(24-13-23-17)29-11-10-28/h2,4-5,7-8,12-13,28H,3,6,9-11H2,1H3. The van der Waals surface area contributed by atoms with Crippen LogP contribution in [0.1, 0.15) is 17.8 Å². The zero-order chi connectivity index (χ0) is 19.8. The molecule has 1 aromatic carbocycles. The Balaban J connectivity index is 1.70. The van der Waals surface area contributed by atoms with Crippen molar-refractivity contribution in [2.75, 3.05) is 13.2 Å². The molecule has 1 aliphatic rings. The SMILES string of the molecule is Cc1cccc(-c2nn3c(c2-c2ccc4ncnc(OCCO)c4c2)CCC3)n1. The highest BCUT2D eigenvalue weighted by Crippen LogP contribution is 2.38. The number of fused-ring (bicyclic) bond motifs is 2. The topological polar surface area (TPSA) is 86.0 Å². The van der Waals surface area contributed by atoms with Gasteiger partial charge in [0.25, 0.3) is 0 Å². The van der Waals surface area contributed by atoms with Crippen LogP contribution in [0.2, 0.25) is 0 Å². The van der Waals surface area contributed by atoms with Gasteiger partial charge in [0, 0.05) is 23.5 Å². The van der Waals surface area contributed by atoms with E-state index >= 15 is 0 Å². The molecule has 1 N–H and O–H groups in total. The molecule has 0 amide bonds. The zero-order valence-corrected chi connectivity index (χ0v) is 16.2. The Hall–Kier alpha value is -3.32. The lowest BCUT2D eigenvalue weighted by atomic mass is 9.98. The van der Waals surface area contributed by atoms with Gasteiger partial charge in [0.2, 0.25) is 5.88 Å². The second-order valence-corrected chi connectivity index (χ2v) is 7.14. The van der Waals surface area contributed by atoms with Crippen molar-refractivity contribution in [1.82, 2.24) is 24.7 Å². The van der Waals surface area contributed by atoms with Crippen molar-refractivity contribution in [3.05, 3.63) is 54.1 Å². The van der Waals surface area contributed by atoms with E-state index in [2.05, 4.69) is 26.8 Å². The predicted molar refractivity (Wildman–Crippen MR) is 110 cm³/mol. The van der Waals surface area contributed by atoms with Crippen LogP contribution in [0.25, 0.3) is 33.4 Å². The number of ether oxygens (including phenoxy) is 1. The van der Waals surface area contributed by atoms with Crippen LogP contribution in [0, 0.1) is 6.92 Å². The molecule has 4 aromatic rings. The molecule has 7 nitrogen and oxygen atoms in total. The van der Waals surface area contributed by atoms with Gasteiger partial charge in [0.05, 0.1) is 23.2 Å². The predicted octanol–water partition coefficient (Wildman–Crippen LogP) is 3.18. The molecule has 0 saturated heterocycles. The number of rotatable bonds is 5. The minimum Gasteiger partial charge on any atom is -0.475 e. The summed E-state index contributed by atoms with van der Waals surface area (Å²) in [6.07, 6.45) is 3.57.